The van der Waals surface area contributed by atoms with Gasteiger partial charge in [0.15, 0.2) is 0 Å². The average molecular weight is 292 g/mol. The smallest absolute Gasteiger partial charge is 0.0790 e. The molecule has 1 aromatic carbocycles. The van der Waals surface area contributed by atoms with Crippen LogP contribution in [0.4, 0.5) is 0 Å². The monoisotopic (exact) mass is 292 g/mol. The Morgan fingerprint density at radius 2 is 2.05 bits per heavy atom. The maximum absolute atomic E-state index is 10.3. The number of thiophene rings is 1. The summed E-state index contributed by atoms with van der Waals surface area (Å²) in [5, 5.41) is 32.9. The fourth-order valence-electron chi connectivity index (χ4n) is 3.12. The largest absolute Gasteiger partial charge is 0.393 e. The van der Waals surface area contributed by atoms with Gasteiger partial charge in [-0.15, -0.1) is 11.3 Å². The highest BCUT2D eigenvalue weighted by atomic mass is 32.1. The summed E-state index contributed by atoms with van der Waals surface area (Å²) in [7, 11) is 0. The van der Waals surface area contributed by atoms with Gasteiger partial charge in [0.2, 0.25) is 0 Å². The maximum Gasteiger partial charge on any atom is 0.0790 e. The molecule has 0 bridgehead atoms. The van der Waals surface area contributed by atoms with Crippen LogP contribution < -0.4 is 0 Å². The van der Waals surface area contributed by atoms with Gasteiger partial charge in [0, 0.05) is 4.70 Å². The zero-order chi connectivity index (χ0) is 14.1. The molecular formula is C16H20O3S. The fourth-order valence-corrected chi connectivity index (χ4v) is 3.89. The second kappa shape index (κ2) is 5.82. The van der Waals surface area contributed by atoms with Crippen molar-refractivity contribution in [3.05, 3.63) is 35.2 Å². The molecule has 2 unspecified atom stereocenters. The van der Waals surface area contributed by atoms with Crippen molar-refractivity contribution in [2.24, 2.45) is 5.92 Å². The Hall–Kier alpha value is -0.940. The van der Waals surface area contributed by atoms with Crippen molar-refractivity contribution in [1.82, 2.24) is 0 Å². The van der Waals surface area contributed by atoms with Crippen LogP contribution in [-0.4, -0.2) is 27.5 Å². The molecule has 1 fully saturated rings. The molecule has 1 aliphatic carbocycles. The van der Waals surface area contributed by atoms with E-state index in [1.807, 2.05) is 18.2 Å². The zero-order valence-corrected chi connectivity index (χ0v) is 12.1. The number of benzene rings is 1. The Balaban J connectivity index is 1.62. The van der Waals surface area contributed by atoms with E-state index in [4.69, 9.17) is 0 Å². The minimum Gasteiger partial charge on any atom is -0.393 e. The van der Waals surface area contributed by atoms with Gasteiger partial charge >= 0.3 is 0 Å². The number of aliphatic hydroxyl groups excluding tert-OH is 3. The van der Waals surface area contributed by atoms with Gasteiger partial charge < -0.3 is 15.3 Å². The fraction of sp³-hybridized carbons (Fsp3) is 0.500. The first kappa shape index (κ1) is 14.0. The molecule has 108 valence electrons. The Morgan fingerprint density at radius 3 is 2.80 bits per heavy atom. The lowest BCUT2D eigenvalue weighted by Gasteiger charge is -2.17. The topological polar surface area (TPSA) is 60.7 Å². The Labute approximate surface area is 122 Å². The van der Waals surface area contributed by atoms with Crippen molar-refractivity contribution in [3.63, 3.8) is 0 Å². The lowest BCUT2D eigenvalue weighted by Crippen LogP contribution is -2.14. The van der Waals surface area contributed by atoms with Crippen molar-refractivity contribution < 1.29 is 15.3 Å². The number of fused-ring (bicyclic) bond motifs is 1. The summed E-state index contributed by atoms with van der Waals surface area (Å²) in [6, 6.07) is 8.12. The van der Waals surface area contributed by atoms with Gasteiger partial charge in [-0.1, -0.05) is 6.07 Å². The third kappa shape index (κ3) is 2.88. The highest BCUT2D eigenvalue weighted by Crippen LogP contribution is 2.33. The van der Waals surface area contributed by atoms with E-state index in [0.29, 0.717) is 19.3 Å². The van der Waals surface area contributed by atoms with Crippen LogP contribution in [0.5, 0.6) is 0 Å². The quantitative estimate of drug-likeness (QED) is 0.812. The second-order valence-electron chi connectivity index (χ2n) is 5.76. The SMILES string of the molecule is OC(CCC1C[C@@H](O)C[C@H]1O)c1ccc2sccc2c1. The summed E-state index contributed by atoms with van der Waals surface area (Å²) in [6.07, 6.45) is 1.21. The van der Waals surface area contributed by atoms with E-state index >= 15 is 0 Å². The molecule has 1 heterocycles. The lowest BCUT2D eigenvalue weighted by molar-refractivity contribution is 0.102. The summed E-state index contributed by atoms with van der Waals surface area (Å²) in [5.74, 6) is 0.115. The highest BCUT2D eigenvalue weighted by molar-refractivity contribution is 7.17. The Morgan fingerprint density at radius 1 is 1.20 bits per heavy atom. The molecule has 0 radical (unpaired) electrons. The predicted molar refractivity (Wildman–Crippen MR) is 80.8 cm³/mol. The number of hydrogen-bond donors (Lipinski definition) is 3. The highest BCUT2D eigenvalue weighted by Gasteiger charge is 2.31. The summed E-state index contributed by atoms with van der Waals surface area (Å²) in [5.41, 5.74) is 0.934. The molecular weight excluding hydrogens is 272 g/mol. The molecule has 4 heteroatoms. The van der Waals surface area contributed by atoms with Gasteiger partial charge in [-0.25, -0.2) is 0 Å². The van der Waals surface area contributed by atoms with Crippen molar-refractivity contribution in [3.8, 4) is 0 Å². The first-order valence-corrected chi connectivity index (χ1v) is 8.03. The molecule has 0 spiro atoms. The summed E-state index contributed by atoms with van der Waals surface area (Å²) in [6.45, 7) is 0. The molecule has 4 atom stereocenters. The molecule has 0 amide bonds. The predicted octanol–water partition coefficient (Wildman–Crippen LogP) is 2.85. The summed E-state index contributed by atoms with van der Waals surface area (Å²) >= 11 is 1.70. The Bertz CT molecular complexity index is 580. The van der Waals surface area contributed by atoms with Crippen molar-refractivity contribution in [2.45, 2.75) is 44.0 Å². The molecule has 3 nitrogen and oxygen atoms in total. The normalized spacial score (nSPS) is 28.1. The minimum absolute atomic E-state index is 0.115. The number of rotatable bonds is 4. The van der Waals surface area contributed by atoms with Crippen LogP contribution in [0.15, 0.2) is 29.6 Å². The Kier molecular flexibility index (Phi) is 4.08. The van der Waals surface area contributed by atoms with Crippen LogP contribution in [0.1, 0.15) is 37.4 Å². The number of aliphatic hydroxyl groups is 3. The van der Waals surface area contributed by atoms with E-state index in [-0.39, 0.29) is 12.0 Å². The first-order valence-electron chi connectivity index (χ1n) is 7.15. The van der Waals surface area contributed by atoms with Crippen LogP contribution in [0, 0.1) is 5.92 Å². The molecule has 2 aromatic rings. The summed E-state index contributed by atoms with van der Waals surface area (Å²) < 4.78 is 1.23. The van der Waals surface area contributed by atoms with E-state index in [2.05, 4.69) is 11.4 Å². The molecule has 0 aliphatic heterocycles. The number of hydrogen-bond acceptors (Lipinski definition) is 4. The lowest BCUT2D eigenvalue weighted by atomic mass is 9.95. The average Bonchev–Trinajstić information content (AvgIpc) is 3.01. The molecule has 3 N–H and O–H groups in total. The van der Waals surface area contributed by atoms with Crippen molar-refractivity contribution in [1.29, 1.82) is 0 Å². The molecule has 3 rings (SSSR count). The van der Waals surface area contributed by atoms with Crippen LogP contribution in [-0.2, 0) is 0 Å². The van der Waals surface area contributed by atoms with Gasteiger partial charge in [0.05, 0.1) is 18.3 Å². The minimum atomic E-state index is -0.496. The van der Waals surface area contributed by atoms with Gasteiger partial charge in [-0.2, -0.15) is 0 Å². The molecule has 1 aliphatic rings. The van der Waals surface area contributed by atoms with Crippen molar-refractivity contribution in [2.75, 3.05) is 0 Å². The maximum atomic E-state index is 10.3. The molecule has 1 aromatic heterocycles. The van der Waals surface area contributed by atoms with Crippen molar-refractivity contribution >= 4 is 21.4 Å². The van der Waals surface area contributed by atoms with Crippen LogP contribution in [0.3, 0.4) is 0 Å². The van der Waals surface area contributed by atoms with E-state index < -0.39 is 12.2 Å². The van der Waals surface area contributed by atoms with E-state index in [1.54, 1.807) is 11.3 Å². The van der Waals surface area contributed by atoms with Gasteiger partial charge in [0.1, 0.15) is 0 Å². The van der Waals surface area contributed by atoms with E-state index in [9.17, 15) is 15.3 Å². The van der Waals surface area contributed by atoms with Crippen LogP contribution >= 0.6 is 11.3 Å². The third-order valence-electron chi connectivity index (χ3n) is 4.30. The van der Waals surface area contributed by atoms with E-state index in [0.717, 1.165) is 12.0 Å². The third-order valence-corrected chi connectivity index (χ3v) is 5.20. The molecule has 1 saturated carbocycles. The summed E-state index contributed by atoms with van der Waals surface area (Å²) in [4.78, 5) is 0. The van der Waals surface area contributed by atoms with E-state index in [1.165, 1.54) is 10.1 Å². The first-order chi connectivity index (χ1) is 9.63. The second-order valence-corrected chi connectivity index (χ2v) is 6.71. The van der Waals surface area contributed by atoms with Crippen LogP contribution in [0.25, 0.3) is 10.1 Å². The van der Waals surface area contributed by atoms with Gasteiger partial charge in [0.25, 0.3) is 0 Å². The van der Waals surface area contributed by atoms with Gasteiger partial charge in [-0.3, -0.25) is 0 Å². The van der Waals surface area contributed by atoms with Gasteiger partial charge in [-0.05, 0) is 66.1 Å². The zero-order valence-electron chi connectivity index (χ0n) is 11.3. The standard InChI is InChI=1S/C16H20O3S/c17-13-8-11(15(19)9-13)1-3-14(18)10-2-4-16-12(7-10)5-6-20-16/h2,4-7,11,13-15,17-19H,1,3,8-9H2/t11?,13-,14?,15-/m1/s1. The van der Waals surface area contributed by atoms with Crippen LogP contribution in [0.2, 0.25) is 0 Å². The molecule has 0 saturated heterocycles. The molecule has 20 heavy (non-hydrogen) atoms.